The van der Waals surface area contributed by atoms with Crippen LogP contribution >= 0.6 is 7.92 Å². The number of hydrogen-bond acceptors (Lipinski definition) is 1. The smallest absolute Gasteiger partial charge is 0.0420 e. The first-order valence-electron chi connectivity index (χ1n) is 11.6. The number of rotatable bonds is 6. The molecule has 1 nitrogen and oxygen atoms in total. The minimum Gasteiger partial charge on any atom is -0.292 e. The van der Waals surface area contributed by atoms with Crippen molar-refractivity contribution in [3.05, 3.63) is 90.5 Å². The first kappa shape index (κ1) is 20.7. The normalized spacial score (nSPS) is 24.3. The van der Waals surface area contributed by atoms with Crippen LogP contribution in [0.1, 0.15) is 38.7 Å². The van der Waals surface area contributed by atoms with E-state index in [9.17, 15) is 0 Å². The first-order chi connectivity index (χ1) is 15.1. The van der Waals surface area contributed by atoms with Crippen molar-refractivity contribution >= 4 is 30.0 Å². The molecular weight excluding hydrogens is 393 g/mol. The summed E-state index contributed by atoms with van der Waals surface area (Å²) in [6.45, 7) is 5.93. The van der Waals surface area contributed by atoms with Gasteiger partial charge in [-0.2, -0.15) is 0 Å². The Labute approximate surface area is 188 Å². The molecule has 2 bridgehead atoms. The molecular formula is C29H32NP. The zero-order chi connectivity index (χ0) is 21.3. The fourth-order valence-electron chi connectivity index (χ4n) is 5.85. The van der Waals surface area contributed by atoms with Crippen LogP contribution in [0.15, 0.2) is 89.9 Å². The molecule has 2 heteroatoms. The number of benzene rings is 3. The topological polar surface area (TPSA) is 12.4 Å². The quantitative estimate of drug-likeness (QED) is 0.343. The third kappa shape index (κ3) is 4.01. The highest BCUT2D eigenvalue weighted by Gasteiger charge is 2.53. The molecule has 0 amide bonds. The largest absolute Gasteiger partial charge is 0.292 e. The van der Waals surface area contributed by atoms with Crippen molar-refractivity contribution in [2.75, 3.05) is 6.54 Å². The summed E-state index contributed by atoms with van der Waals surface area (Å²) >= 11 is 0. The molecule has 0 heterocycles. The summed E-state index contributed by atoms with van der Waals surface area (Å²) in [7, 11) is -0.605. The molecule has 3 saturated carbocycles. The van der Waals surface area contributed by atoms with Gasteiger partial charge in [-0.1, -0.05) is 98.8 Å². The van der Waals surface area contributed by atoms with Gasteiger partial charge in [-0.15, -0.1) is 0 Å². The van der Waals surface area contributed by atoms with Gasteiger partial charge in [-0.05, 0) is 66.3 Å². The van der Waals surface area contributed by atoms with Gasteiger partial charge in [0.2, 0.25) is 0 Å². The van der Waals surface area contributed by atoms with Gasteiger partial charge >= 0.3 is 0 Å². The van der Waals surface area contributed by atoms with E-state index in [1.807, 2.05) is 0 Å². The zero-order valence-electron chi connectivity index (χ0n) is 18.6. The van der Waals surface area contributed by atoms with Crippen molar-refractivity contribution in [1.29, 1.82) is 0 Å². The number of hydrogen-bond donors (Lipinski definition) is 0. The highest BCUT2D eigenvalue weighted by Crippen LogP contribution is 2.61. The molecule has 3 atom stereocenters. The van der Waals surface area contributed by atoms with Crippen LogP contribution in [0.5, 0.6) is 0 Å². The highest BCUT2D eigenvalue weighted by molar-refractivity contribution is 7.80. The summed E-state index contributed by atoms with van der Waals surface area (Å²) < 4.78 is 0. The third-order valence-corrected chi connectivity index (χ3v) is 10.3. The minimum absolute atomic E-state index is 0.533. The minimum atomic E-state index is -0.605. The van der Waals surface area contributed by atoms with Gasteiger partial charge in [0.15, 0.2) is 0 Å². The Kier molecular flexibility index (Phi) is 5.81. The van der Waals surface area contributed by atoms with Gasteiger partial charge in [-0.25, -0.2) is 0 Å². The highest BCUT2D eigenvalue weighted by atomic mass is 31.1. The maximum Gasteiger partial charge on any atom is 0.0420 e. The molecule has 0 N–H and O–H groups in total. The lowest BCUT2D eigenvalue weighted by atomic mass is 9.45. The molecule has 158 valence electrons. The lowest BCUT2D eigenvalue weighted by Gasteiger charge is -2.60. The monoisotopic (exact) mass is 425 g/mol. The van der Waals surface area contributed by atoms with Gasteiger partial charge < -0.3 is 0 Å². The second-order valence-electron chi connectivity index (χ2n) is 9.76. The van der Waals surface area contributed by atoms with Gasteiger partial charge in [0.1, 0.15) is 0 Å². The zero-order valence-corrected chi connectivity index (χ0v) is 19.5. The Morgan fingerprint density at radius 1 is 0.839 bits per heavy atom. The standard InChI is InChI=1S/C29H32NP/c1-29(2)24-18-17-22(27(29)19-24)20-30-21-23-11-9-10-16-28(23)31(25-12-5-3-6-13-25)26-14-7-4-8-15-26/h3-16,21-22,24,27H,17-20H2,1-2H3/b30-21+/t22?,24-,27-/m1/s1. The Balaban J connectivity index is 1.43. The molecule has 3 aromatic carbocycles. The molecule has 0 aromatic heterocycles. The third-order valence-electron chi connectivity index (χ3n) is 7.78. The van der Waals surface area contributed by atoms with E-state index in [1.54, 1.807) is 0 Å². The lowest BCUT2D eigenvalue weighted by molar-refractivity contribution is -0.101. The molecule has 3 fully saturated rings. The van der Waals surface area contributed by atoms with Gasteiger partial charge in [-0.3, -0.25) is 4.99 Å². The maximum absolute atomic E-state index is 5.02. The molecule has 0 radical (unpaired) electrons. The number of aliphatic imine (C=N–C) groups is 1. The van der Waals surface area contributed by atoms with Crippen molar-refractivity contribution in [3.8, 4) is 0 Å². The van der Waals surface area contributed by atoms with Crippen LogP contribution in [0, 0.1) is 23.2 Å². The lowest BCUT2D eigenvalue weighted by Crippen LogP contribution is -2.53. The Hall–Kier alpha value is -2.24. The SMILES string of the molecule is CC1(C)[C@@H]2CCC(C/N=C/c3ccccc3P(c3ccccc3)c3ccccc3)[C@H]1C2. The maximum atomic E-state index is 5.02. The molecule has 1 unspecified atom stereocenters. The molecule has 0 saturated heterocycles. The summed E-state index contributed by atoms with van der Waals surface area (Å²) in [6.07, 6.45) is 6.34. The number of nitrogens with zero attached hydrogens (tertiary/aromatic N) is 1. The predicted octanol–water partition coefficient (Wildman–Crippen LogP) is 5.94. The van der Waals surface area contributed by atoms with E-state index < -0.39 is 7.92 Å². The van der Waals surface area contributed by atoms with Gasteiger partial charge in [0.05, 0.1) is 0 Å². The molecule has 3 aliphatic carbocycles. The van der Waals surface area contributed by atoms with Crippen molar-refractivity contribution in [3.63, 3.8) is 0 Å². The molecule has 3 aromatic rings. The van der Waals surface area contributed by atoms with Crippen LogP contribution < -0.4 is 15.9 Å². The predicted molar refractivity (Wildman–Crippen MR) is 136 cm³/mol. The molecule has 0 aliphatic heterocycles. The van der Waals surface area contributed by atoms with Gasteiger partial charge in [0, 0.05) is 18.3 Å². The Bertz CT molecular complexity index is 999. The van der Waals surface area contributed by atoms with Crippen LogP contribution in [0.3, 0.4) is 0 Å². The fraction of sp³-hybridized carbons (Fsp3) is 0.345. The summed E-state index contributed by atoms with van der Waals surface area (Å²) in [5.41, 5.74) is 1.80. The van der Waals surface area contributed by atoms with E-state index in [1.165, 1.54) is 40.7 Å². The summed E-state index contributed by atoms with van der Waals surface area (Å²) in [6, 6.07) is 30.8. The second-order valence-corrected chi connectivity index (χ2v) is 11.9. The summed E-state index contributed by atoms with van der Waals surface area (Å²) in [5.74, 6) is 2.58. The number of fused-ring (bicyclic) bond motifs is 2. The molecule has 31 heavy (non-hydrogen) atoms. The van der Waals surface area contributed by atoms with E-state index in [0.29, 0.717) is 5.41 Å². The van der Waals surface area contributed by atoms with Crippen molar-refractivity contribution in [2.45, 2.75) is 33.1 Å². The average molecular weight is 426 g/mol. The summed E-state index contributed by atoms with van der Waals surface area (Å²) in [4.78, 5) is 5.02. The van der Waals surface area contributed by atoms with Crippen LogP contribution in [0.25, 0.3) is 0 Å². The van der Waals surface area contributed by atoms with Crippen LogP contribution in [0.2, 0.25) is 0 Å². The Morgan fingerprint density at radius 2 is 1.45 bits per heavy atom. The van der Waals surface area contributed by atoms with E-state index in [0.717, 1.165) is 24.3 Å². The molecule has 0 spiro atoms. The summed E-state index contributed by atoms with van der Waals surface area (Å²) in [5, 5.41) is 4.17. The van der Waals surface area contributed by atoms with Gasteiger partial charge in [0.25, 0.3) is 0 Å². The van der Waals surface area contributed by atoms with Crippen molar-refractivity contribution < 1.29 is 0 Å². The second kappa shape index (κ2) is 8.71. The van der Waals surface area contributed by atoms with Crippen molar-refractivity contribution in [1.82, 2.24) is 0 Å². The van der Waals surface area contributed by atoms with E-state index >= 15 is 0 Å². The fourth-order valence-corrected chi connectivity index (χ4v) is 8.27. The van der Waals surface area contributed by atoms with E-state index in [4.69, 9.17) is 4.99 Å². The average Bonchev–Trinajstić information content (AvgIpc) is 2.82. The van der Waals surface area contributed by atoms with Crippen LogP contribution in [-0.4, -0.2) is 12.8 Å². The molecule has 3 aliphatic rings. The van der Waals surface area contributed by atoms with E-state index in [2.05, 4.69) is 105 Å². The van der Waals surface area contributed by atoms with E-state index in [-0.39, 0.29) is 0 Å². The van der Waals surface area contributed by atoms with Crippen molar-refractivity contribution in [2.24, 2.45) is 28.2 Å². The van der Waals surface area contributed by atoms with Crippen LogP contribution in [0.4, 0.5) is 0 Å². The molecule has 6 rings (SSSR count). The van der Waals surface area contributed by atoms with Crippen LogP contribution in [-0.2, 0) is 0 Å². The first-order valence-corrected chi connectivity index (χ1v) is 13.0. The Morgan fingerprint density at radius 3 is 2.06 bits per heavy atom.